The molecule has 0 saturated carbocycles. The monoisotopic (exact) mass is 442 g/mol. The van der Waals surface area contributed by atoms with Gasteiger partial charge in [0.15, 0.2) is 0 Å². The van der Waals surface area contributed by atoms with Gasteiger partial charge in [-0.3, -0.25) is 4.79 Å². The Labute approximate surface area is 174 Å². The highest BCUT2D eigenvalue weighted by Gasteiger charge is 2.41. The molecule has 0 bridgehead atoms. The maximum atomic E-state index is 15.1. The number of hydrogen-bond acceptors (Lipinski definition) is 4. The van der Waals surface area contributed by atoms with Crippen molar-refractivity contribution in [3.63, 3.8) is 0 Å². The minimum Gasteiger partial charge on any atom is -0.495 e. The molecule has 2 atom stereocenters. The number of carbonyl (C=O) groups is 1. The summed E-state index contributed by atoms with van der Waals surface area (Å²) >= 11 is 0. The number of rotatable bonds is 3. The number of ether oxygens (including phenoxy) is 2. The van der Waals surface area contributed by atoms with Crippen molar-refractivity contribution < 1.29 is 36.2 Å². The van der Waals surface area contributed by atoms with Crippen LogP contribution < -0.4 is 15.0 Å². The highest BCUT2D eigenvalue weighted by molar-refractivity contribution is 5.97. The molecule has 0 aromatic heterocycles. The van der Waals surface area contributed by atoms with Gasteiger partial charge in [0.05, 0.1) is 30.5 Å². The number of alkyl halides is 3. The van der Waals surface area contributed by atoms with E-state index in [9.17, 15) is 22.4 Å². The molecule has 4 rings (SSSR count). The van der Waals surface area contributed by atoms with Gasteiger partial charge in [-0.1, -0.05) is 12.1 Å². The van der Waals surface area contributed by atoms with Crippen LogP contribution in [0.4, 0.5) is 27.6 Å². The van der Waals surface area contributed by atoms with Crippen LogP contribution in [0.15, 0.2) is 30.3 Å². The molecule has 1 N–H and O–H groups in total. The van der Waals surface area contributed by atoms with Crippen molar-refractivity contribution in [2.24, 2.45) is 0 Å². The number of fused-ring (bicyclic) bond motifs is 1. The zero-order valence-electron chi connectivity index (χ0n) is 16.4. The fraction of sp³-hybridized carbons (Fsp3) is 0.381. The van der Waals surface area contributed by atoms with Crippen LogP contribution in [-0.2, 0) is 15.7 Å². The molecular formula is C21H19F5N2O3. The maximum Gasteiger partial charge on any atom is 0.419 e. The van der Waals surface area contributed by atoms with Crippen LogP contribution >= 0.6 is 0 Å². The Morgan fingerprint density at radius 2 is 1.97 bits per heavy atom. The van der Waals surface area contributed by atoms with Crippen LogP contribution in [-0.4, -0.2) is 44.9 Å². The predicted molar refractivity (Wildman–Crippen MR) is 102 cm³/mol. The van der Waals surface area contributed by atoms with Gasteiger partial charge in [0, 0.05) is 23.7 Å². The molecule has 2 unspecified atom stereocenters. The van der Waals surface area contributed by atoms with Crippen LogP contribution in [0, 0.1) is 11.6 Å². The lowest BCUT2D eigenvalue weighted by atomic mass is 9.96. The van der Waals surface area contributed by atoms with Gasteiger partial charge >= 0.3 is 6.18 Å². The number of benzene rings is 2. The molecule has 2 aromatic carbocycles. The lowest BCUT2D eigenvalue weighted by Crippen LogP contribution is -2.61. The quantitative estimate of drug-likeness (QED) is 0.736. The number of nitrogens with zero attached hydrogens (tertiary/aromatic N) is 1. The van der Waals surface area contributed by atoms with Crippen LogP contribution in [0.5, 0.6) is 5.75 Å². The Morgan fingerprint density at radius 3 is 2.68 bits per heavy atom. The second-order valence-corrected chi connectivity index (χ2v) is 7.34. The topological polar surface area (TPSA) is 50.8 Å². The zero-order valence-corrected chi connectivity index (χ0v) is 16.4. The summed E-state index contributed by atoms with van der Waals surface area (Å²) in [6.45, 7) is 0.955. The molecule has 10 heteroatoms. The van der Waals surface area contributed by atoms with Gasteiger partial charge in [0.25, 0.3) is 5.91 Å². The first kappa shape index (κ1) is 21.5. The first-order valence-corrected chi connectivity index (χ1v) is 9.60. The molecule has 2 fully saturated rings. The van der Waals surface area contributed by atoms with Gasteiger partial charge in [0.1, 0.15) is 24.0 Å². The summed E-state index contributed by atoms with van der Waals surface area (Å²) in [6.07, 6.45) is -4.66. The number of halogens is 5. The highest BCUT2D eigenvalue weighted by atomic mass is 19.4. The van der Waals surface area contributed by atoms with Crippen molar-refractivity contribution in [2.45, 2.75) is 24.7 Å². The van der Waals surface area contributed by atoms with Crippen LogP contribution in [0.2, 0.25) is 0 Å². The smallest absolute Gasteiger partial charge is 0.419 e. The molecule has 0 radical (unpaired) electrons. The predicted octanol–water partition coefficient (Wildman–Crippen LogP) is 3.75. The van der Waals surface area contributed by atoms with Crippen molar-refractivity contribution in [2.75, 3.05) is 31.7 Å². The summed E-state index contributed by atoms with van der Waals surface area (Å²) in [7, 11) is 1.29. The molecule has 0 aliphatic carbocycles. The molecule has 5 nitrogen and oxygen atoms in total. The van der Waals surface area contributed by atoms with Crippen molar-refractivity contribution in [1.82, 2.24) is 5.32 Å². The van der Waals surface area contributed by atoms with E-state index in [0.29, 0.717) is 25.6 Å². The minimum absolute atomic E-state index is 0.0424. The van der Waals surface area contributed by atoms with E-state index >= 15 is 4.39 Å². The number of piperidine rings is 1. The van der Waals surface area contributed by atoms with Crippen molar-refractivity contribution in [1.29, 1.82) is 0 Å². The van der Waals surface area contributed by atoms with Gasteiger partial charge < -0.3 is 19.7 Å². The summed E-state index contributed by atoms with van der Waals surface area (Å²) in [5.41, 5.74) is -2.31. The number of methoxy groups -OCH3 is 1. The third-order valence-corrected chi connectivity index (χ3v) is 5.54. The summed E-state index contributed by atoms with van der Waals surface area (Å²) in [5, 5.41) is 3.16. The average Bonchev–Trinajstić information content (AvgIpc) is 2.73. The summed E-state index contributed by atoms with van der Waals surface area (Å²) in [4.78, 5) is 14.0. The SMILES string of the molecule is COc1cc(-c2cccc(C(F)(F)F)c2F)c(F)cc1N1C(=O)COC2CNCCC21. The van der Waals surface area contributed by atoms with Crippen molar-refractivity contribution in [3.8, 4) is 16.9 Å². The van der Waals surface area contributed by atoms with E-state index in [2.05, 4.69) is 5.32 Å². The minimum atomic E-state index is -4.93. The molecule has 2 heterocycles. The van der Waals surface area contributed by atoms with E-state index in [4.69, 9.17) is 9.47 Å². The first-order chi connectivity index (χ1) is 14.7. The molecule has 2 aliphatic rings. The molecule has 2 aliphatic heterocycles. The number of carbonyl (C=O) groups excluding carboxylic acids is 1. The van der Waals surface area contributed by atoms with E-state index in [1.54, 1.807) is 0 Å². The Hall–Kier alpha value is -2.72. The van der Waals surface area contributed by atoms with E-state index in [0.717, 1.165) is 24.3 Å². The number of morpholine rings is 1. The Bertz CT molecular complexity index is 1010. The Morgan fingerprint density at radius 1 is 1.19 bits per heavy atom. The fourth-order valence-electron chi connectivity index (χ4n) is 4.09. The lowest BCUT2D eigenvalue weighted by Gasteiger charge is -2.44. The van der Waals surface area contributed by atoms with Gasteiger partial charge in [-0.05, 0) is 25.1 Å². The molecule has 2 aromatic rings. The van der Waals surface area contributed by atoms with E-state index in [1.807, 2.05) is 0 Å². The van der Waals surface area contributed by atoms with Gasteiger partial charge in [-0.2, -0.15) is 13.2 Å². The van der Waals surface area contributed by atoms with E-state index < -0.39 is 34.5 Å². The number of nitrogens with one attached hydrogen (secondary N) is 1. The molecule has 31 heavy (non-hydrogen) atoms. The summed E-state index contributed by atoms with van der Waals surface area (Å²) in [5.74, 6) is -2.90. The van der Waals surface area contributed by atoms with E-state index in [-0.39, 0.29) is 36.1 Å². The van der Waals surface area contributed by atoms with Gasteiger partial charge in [0.2, 0.25) is 0 Å². The van der Waals surface area contributed by atoms with E-state index in [1.165, 1.54) is 12.0 Å². The van der Waals surface area contributed by atoms with Crippen LogP contribution in [0.25, 0.3) is 11.1 Å². The lowest BCUT2D eigenvalue weighted by molar-refractivity contribution is -0.140. The summed E-state index contributed by atoms with van der Waals surface area (Å²) < 4.78 is 79.8. The molecule has 2 saturated heterocycles. The van der Waals surface area contributed by atoms with Crippen molar-refractivity contribution in [3.05, 3.63) is 47.5 Å². The second kappa shape index (κ2) is 8.08. The summed E-state index contributed by atoms with van der Waals surface area (Å²) in [6, 6.07) is 4.41. The number of hydrogen-bond donors (Lipinski definition) is 1. The molecule has 166 valence electrons. The first-order valence-electron chi connectivity index (χ1n) is 9.60. The zero-order chi connectivity index (χ0) is 22.3. The third kappa shape index (κ3) is 3.85. The molecule has 0 spiro atoms. The molecule has 1 amide bonds. The van der Waals surface area contributed by atoms with Gasteiger partial charge in [-0.25, -0.2) is 8.78 Å². The number of anilines is 1. The Kier molecular flexibility index (Phi) is 5.61. The fourth-order valence-corrected chi connectivity index (χ4v) is 4.09. The standard InChI is InChI=1S/C21H19F5N2O3/c1-30-17-7-12(11-3-2-4-13(20(11)23)21(24,25)26)14(22)8-16(17)28-15-5-6-27-9-18(15)31-10-19(28)29/h2-4,7-8,15,18,27H,5-6,9-10H2,1H3. The van der Waals surface area contributed by atoms with Crippen LogP contribution in [0.1, 0.15) is 12.0 Å². The Balaban J connectivity index is 1.81. The van der Waals surface area contributed by atoms with Crippen molar-refractivity contribution >= 4 is 11.6 Å². The normalized spacial score (nSPS) is 21.7. The average molecular weight is 442 g/mol. The number of amides is 1. The highest BCUT2D eigenvalue weighted by Crippen LogP contribution is 2.41. The molecular weight excluding hydrogens is 423 g/mol. The third-order valence-electron chi connectivity index (χ3n) is 5.54. The maximum absolute atomic E-state index is 15.1. The second-order valence-electron chi connectivity index (χ2n) is 7.34. The largest absolute Gasteiger partial charge is 0.495 e. The van der Waals surface area contributed by atoms with Crippen LogP contribution in [0.3, 0.4) is 0 Å². The van der Waals surface area contributed by atoms with Gasteiger partial charge in [-0.15, -0.1) is 0 Å².